The zero-order valence-electron chi connectivity index (χ0n) is 16.0. The summed E-state index contributed by atoms with van der Waals surface area (Å²) in [7, 11) is 2.12. The highest BCUT2D eigenvalue weighted by atomic mass is 19.1. The van der Waals surface area contributed by atoms with Gasteiger partial charge in [-0.1, -0.05) is 18.2 Å². The van der Waals surface area contributed by atoms with Gasteiger partial charge in [-0.25, -0.2) is 4.39 Å². The minimum absolute atomic E-state index is 0.170. The molecule has 1 amide bonds. The number of aromatic amines is 1. The van der Waals surface area contributed by atoms with Gasteiger partial charge in [0, 0.05) is 43.3 Å². The average molecular weight is 377 g/mol. The second-order valence-corrected chi connectivity index (χ2v) is 8.30. The van der Waals surface area contributed by atoms with E-state index in [1.807, 2.05) is 23.2 Å². The fourth-order valence-corrected chi connectivity index (χ4v) is 4.93. The second kappa shape index (κ2) is 6.74. The van der Waals surface area contributed by atoms with E-state index >= 15 is 0 Å². The lowest BCUT2D eigenvalue weighted by Crippen LogP contribution is -2.32. The molecule has 0 spiro atoms. The van der Waals surface area contributed by atoms with Crippen molar-refractivity contribution >= 4 is 16.8 Å². The van der Waals surface area contributed by atoms with E-state index in [9.17, 15) is 9.18 Å². The lowest BCUT2D eigenvalue weighted by molar-refractivity contribution is 0.0771. The lowest BCUT2D eigenvalue weighted by Gasteiger charge is -2.20. The SMILES string of the molecule is CN1CC2CN(C(=O)c3cc(Cc4cccc5[nH]ccc45)ccc3F)CC2C1. The van der Waals surface area contributed by atoms with Crippen LogP contribution >= 0.6 is 0 Å². The second-order valence-electron chi connectivity index (χ2n) is 8.30. The number of likely N-dealkylation sites (tertiary alicyclic amines) is 2. The van der Waals surface area contributed by atoms with Gasteiger partial charge in [0.1, 0.15) is 5.82 Å². The molecular weight excluding hydrogens is 353 g/mol. The highest BCUT2D eigenvalue weighted by Gasteiger charge is 2.40. The first kappa shape index (κ1) is 17.4. The number of aromatic nitrogens is 1. The van der Waals surface area contributed by atoms with Crippen LogP contribution in [0.3, 0.4) is 0 Å². The van der Waals surface area contributed by atoms with Gasteiger partial charge in [0.15, 0.2) is 0 Å². The van der Waals surface area contributed by atoms with Gasteiger partial charge in [-0.2, -0.15) is 0 Å². The molecule has 0 saturated carbocycles. The predicted molar refractivity (Wildman–Crippen MR) is 108 cm³/mol. The van der Waals surface area contributed by atoms with Gasteiger partial charge in [0.25, 0.3) is 5.91 Å². The molecule has 144 valence electrons. The minimum atomic E-state index is -0.428. The number of carbonyl (C=O) groups is 1. The monoisotopic (exact) mass is 377 g/mol. The number of hydrogen-bond donors (Lipinski definition) is 1. The molecule has 0 aliphatic carbocycles. The minimum Gasteiger partial charge on any atom is -0.361 e. The first-order valence-corrected chi connectivity index (χ1v) is 9.90. The Labute approximate surface area is 163 Å². The van der Waals surface area contributed by atoms with Crippen molar-refractivity contribution in [2.24, 2.45) is 11.8 Å². The third-order valence-electron chi connectivity index (χ3n) is 6.30. The van der Waals surface area contributed by atoms with Gasteiger partial charge >= 0.3 is 0 Å². The van der Waals surface area contributed by atoms with Crippen molar-refractivity contribution in [3.8, 4) is 0 Å². The topological polar surface area (TPSA) is 39.3 Å². The summed E-state index contributed by atoms with van der Waals surface area (Å²) in [6.45, 7) is 3.52. The molecule has 0 bridgehead atoms. The first-order valence-electron chi connectivity index (χ1n) is 9.90. The maximum atomic E-state index is 14.5. The molecule has 4 nitrogen and oxygen atoms in total. The summed E-state index contributed by atoms with van der Waals surface area (Å²) in [5.41, 5.74) is 3.41. The third-order valence-corrected chi connectivity index (χ3v) is 6.30. The number of nitrogens with one attached hydrogen (secondary N) is 1. The van der Waals surface area contributed by atoms with Gasteiger partial charge in [-0.3, -0.25) is 4.79 Å². The first-order chi connectivity index (χ1) is 13.6. The van der Waals surface area contributed by atoms with Crippen LogP contribution < -0.4 is 0 Å². The average Bonchev–Trinajstić information content (AvgIpc) is 3.37. The number of nitrogens with zero attached hydrogens (tertiary/aromatic N) is 2. The number of benzene rings is 2. The number of amides is 1. The molecule has 5 heteroatoms. The molecule has 2 aliphatic heterocycles. The van der Waals surface area contributed by atoms with Crippen LogP contribution in [0, 0.1) is 17.7 Å². The molecule has 2 atom stereocenters. The standard InChI is InChI=1S/C23H24FN3O/c1-26-11-17-13-27(14-18(17)12-26)23(28)20-10-15(5-6-21(20)24)9-16-3-2-4-22-19(16)7-8-25-22/h2-8,10,17-18,25H,9,11-14H2,1H3. The molecule has 1 aromatic heterocycles. The Morgan fingerprint density at radius 3 is 2.68 bits per heavy atom. The molecule has 1 N–H and O–H groups in total. The molecule has 2 aliphatic rings. The maximum absolute atomic E-state index is 14.5. The number of carbonyl (C=O) groups excluding carboxylic acids is 1. The van der Waals surface area contributed by atoms with E-state index in [-0.39, 0.29) is 11.5 Å². The Kier molecular flexibility index (Phi) is 4.20. The Balaban J connectivity index is 1.39. The van der Waals surface area contributed by atoms with Crippen molar-refractivity contribution < 1.29 is 9.18 Å². The molecule has 3 heterocycles. The smallest absolute Gasteiger partial charge is 0.256 e. The summed E-state index contributed by atoms with van der Waals surface area (Å²) in [4.78, 5) is 20.4. The van der Waals surface area contributed by atoms with Crippen molar-refractivity contribution in [3.05, 3.63) is 71.2 Å². The van der Waals surface area contributed by atoms with E-state index in [0.717, 1.165) is 42.6 Å². The van der Waals surface area contributed by atoms with Crippen molar-refractivity contribution in [1.29, 1.82) is 0 Å². The number of halogens is 1. The van der Waals surface area contributed by atoms with Crippen molar-refractivity contribution in [1.82, 2.24) is 14.8 Å². The van der Waals surface area contributed by atoms with Gasteiger partial charge in [0.05, 0.1) is 5.56 Å². The molecule has 3 aromatic rings. The molecule has 2 aromatic carbocycles. The fourth-order valence-electron chi connectivity index (χ4n) is 4.93. The Bertz CT molecular complexity index is 1030. The van der Waals surface area contributed by atoms with Crippen LogP contribution in [-0.4, -0.2) is 53.9 Å². The zero-order chi connectivity index (χ0) is 19.3. The van der Waals surface area contributed by atoms with Crippen LogP contribution in [0.25, 0.3) is 10.9 Å². The molecule has 2 saturated heterocycles. The Hall–Kier alpha value is -2.66. The van der Waals surface area contributed by atoms with Crippen molar-refractivity contribution in [2.75, 3.05) is 33.2 Å². The zero-order valence-corrected chi connectivity index (χ0v) is 16.0. The lowest BCUT2D eigenvalue weighted by atomic mass is 9.99. The van der Waals surface area contributed by atoms with E-state index in [0.29, 0.717) is 18.3 Å². The van der Waals surface area contributed by atoms with Gasteiger partial charge in [-0.15, -0.1) is 0 Å². The summed E-state index contributed by atoms with van der Waals surface area (Å²) in [6, 6.07) is 13.2. The normalized spacial score (nSPS) is 22.1. The largest absolute Gasteiger partial charge is 0.361 e. The Morgan fingerprint density at radius 1 is 1.11 bits per heavy atom. The highest BCUT2D eigenvalue weighted by Crippen LogP contribution is 2.31. The molecule has 0 radical (unpaired) electrons. The molecule has 28 heavy (non-hydrogen) atoms. The highest BCUT2D eigenvalue weighted by molar-refractivity contribution is 5.95. The van der Waals surface area contributed by atoms with E-state index in [1.54, 1.807) is 12.1 Å². The van der Waals surface area contributed by atoms with Crippen LogP contribution in [0.2, 0.25) is 0 Å². The summed E-state index contributed by atoms with van der Waals surface area (Å²) in [6.07, 6.45) is 2.60. The molecule has 2 unspecified atom stereocenters. The van der Waals surface area contributed by atoms with Crippen LogP contribution in [0.1, 0.15) is 21.5 Å². The number of fused-ring (bicyclic) bond motifs is 2. The molecule has 2 fully saturated rings. The molecule has 5 rings (SSSR count). The number of H-pyrrole nitrogens is 1. The Morgan fingerprint density at radius 2 is 1.89 bits per heavy atom. The fraction of sp³-hybridized carbons (Fsp3) is 0.348. The third kappa shape index (κ3) is 3.00. The summed E-state index contributed by atoms with van der Waals surface area (Å²) >= 11 is 0. The quantitative estimate of drug-likeness (QED) is 0.758. The van der Waals surface area contributed by atoms with Gasteiger partial charge in [-0.05, 0) is 60.7 Å². The van der Waals surface area contributed by atoms with E-state index in [2.05, 4.69) is 29.1 Å². The number of rotatable bonds is 3. The van der Waals surface area contributed by atoms with Gasteiger partial charge < -0.3 is 14.8 Å². The van der Waals surface area contributed by atoms with Crippen LogP contribution in [0.15, 0.2) is 48.7 Å². The summed E-state index contributed by atoms with van der Waals surface area (Å²) < 4.78 is 14.5. The summed E-state index contributed by atoms with van der Waals surface area (Å²) in [5, 5.41) is 1.16. The van der Waals surface area contributed by atoms with E-state index < -0.39 is 5.82 Å². The molecular formula is C23H24FN3O. The summed E-state index contributed by atoms with van der Waals surface area (Å²) in [5.74, 6) is 0.441. The van der Waals surface area contributed by atoms with E-state index in [4.69, 9.17) is 0 Å². The van der Waals surface area contributed by atoms with Crippen molar-refractivity contribution in [2.45, 2.75) is 6.42 Å². The van der Waals surface area contributed by atoms with Crippen LogP contribution in [0.4, 0.5) is 4.39 Å². The van der Waals surface area contributed by atoms with Crippen molar-refractivity contribution in [3.63, 3.8) is 0 Å². The van der Waals surface area contributed by atoms with Gasteiger partial charge in [0.2, 0.25) is 0 Å². The van der Waals surface area contributed by atoms with E-state index in [1.165, 1.54) is 11.6 Å². The van der Waals surface area contributed by atoms with Crippen LogP contribution in [-0.2, 0) is 6.42 Å². The van der Waals surface area contributed by atoms with Crippen LogP contribution in [0.5, 0.6) is 0 Å². The number of hydrogen-bond acceptors (Lipinski definition) is 2. The maximum Gasteiger partial charge on any atom is 0.256 e. The predicted octanol–water partition coefficient (Wildman–Crippen LogP) is 3.53.